The molecule has 20 heavy (non-hydrogen) atoms. The molecule has 1 aliphatic rings. The van der Waals surface area contributed by atoms with Crippen LogP contribution < -0.4 is 10.1 Å². The smallest absolute Gasteiger partial charge is 0.119 e. The van der Waals surface area contributed by atoms with Gasteiger partial charge < -0.3 is 10.1 Å². The second-order valence-corrected chi connectivity index (χ2v) is 5.34. The van der Waals surface area contributed by atoms with Crippen molar-refractivity contribution in [3.8, 4) is 5.75 Å². The van der Waals surface area contributed by atoms with Gasteiger partial charge >= 0.3 is 0 Å². The number of hydrogen-bond donors (Lipinski definition) is 1. The van der Waals surface area contributed by atoms with Crippen molar-refractivity contribution < 1.29 is 4.74 Å². The molecule has 1 unspecified atom stereocenters. The molecule has 0 amide bonds. The average molecular weight is 267 g/mol. The van der Waals surface area contributed by atoms with E-state index in [1.54, 1.807) is 0 Å². The van der Waals surface area contributed by atoms with Gasteiger partial charge in [0.05, 0.1) is 0 Å². The van der Waals surface area contributed by atoms with Gasteiger partial charge in [-0.1, -0.05) is 48.5 Å². The Kier molecular flexibility index (Phi) is 4.34. The molecule has 0 aromatic heterocycles. The van der Waals surface area contributed by atoms with Crippen molar-refractivity contribution >= 4 is 0 Å². The summed E-state index contributed by atoms with van der Waals surface area (Å²) in [5.41, 5.74) is 1.40. The van der Waals surface area contributed by atoms with Gasteiger partial charge in [0.2, 0.25) is 0 Å². The second-order valence-electron chi connectivity index (χ2n) is 5.34. The van der Waals surface area contributed by atoms with Gasteiger partial charge in [0.25, 0.3) is 0 Å². The highest BCUT2D eigenvalue weighted by molar-refractivity contribution is 5.22. The zero-order valence-corrected chi connectivity index (χ0v) is 11.7. The molecule has 3 rings (SSSR count). The maximum Gasteiger partial charge on any atom is 0.119 e. The van der Waals surface area contributed by atoms with Crippen LogP contribution in [0.5, 0.6) is 5.75 Å². The Balaban J connectivity index is 1.49. The summed E-state index contributed by atoms with van der Waals surface area (Å²) in [6.07, 6.45) is 2.68. The minimum Gasteiger partial charge on any atom is -0.492 e. The van der Waals surface area contributed by atoms with Gasteiger partial charge in [-0.25, -0.2) is 0 Å². The Labute approximate surface area is 120 Å². The summed E-state index contributed by atoms with van der Waals surface area (Å²) in [6.45, 7) is 1.59. The van der Waals surface area contributed by atoms with E-state index in [0.717, 1.165) is 18.2 Å². The van der Waals surface area contributed by atoms with Gasteiger partial charge in [-0.3, -0.25) is 0 Å². The molecule has 1 saturated carbocycles. The summed E-state index contributed by atoms with van der Waals surface area (Å²) < 4.78 is 5.73. The molecule has 1 N–H and O–H groups in total. The molecule has 2 aromatic rings. The van der Waals surface area contributed by atoms with Crippen LogP contribution in [0, 0.1) is 5.92 Å². The van der Waals surface area contributed by atoms with Crippen LogP contribution in [0.2, 0.25) is 0 Å². The van der Waals surface area contributed by atoms with E-state index >= 15 is 0 Å². The first-order valence-corrected chi connectivity index (χ1v) is 7.39. The van der Waals surface area contributed by atoms with Gasteiger partial charge in [0.1, 0.15) is 12.4 Å². The lowest BCUT2D eigenvalue weighted by atomic mass is 10.0. The molecule has 0 bridgehead atoms. The van der Waals surface area contributed by atoms with Crippen molar-refractivity contribution in [2.75, 3.05) is 13.2 Å². The normalized spacial score (nSPS) is 15.8. The van der Waals surface area contributed by atoms with E-state index in [-0.39, 0.29) is 0 Å². The molecular formula is C18H21NO. The van der Waals surface area contributed by atoms with E-state index in [4.69, 9.17) is 4.74 Å². The van der Waals surface area contributed by atoms with Crippen molar-refractivity contribution in [2.45, 2.75) is 18.9 Å². The van der Waals surface area contributed by atoms with Crippen LogP contribution in [-0.4, -0.2) is 13.2 Å². The van der Waals surface area contributed by atoms with Crippen molar-refractivity contribution in [1.82, 2.24) is 5.32 Å². The highest BCUT2D eigenvalue weighted by Gasteiger charge is 2.31. The molecule has 1 fully saturated rings. The third kappa shape index (κ3) is 3.61. The van der Waals surface area contributed by atoms with Crippen molar-refractivity contribution in [2.24, 2.45) is 5.92 Å². The third-order valence-corrected chi connectivity index (χ3v) is 3.73. The van der Waals surface area contributed by atoms with E-state index in [2.05, 4.69) is 35.6 Å². The lowest BCUT2D eigenvalue weighted by molar-refractivity contribution is 0.301. The fourth-order valence-corrected chi connectivity index (χ4v) is 2.55. The fraction of sp³-hybridized carbons (Fsp3) is 0.333. The Hall–Kier alpha value is -1.80. The first-order valence-electron chi connectivity index (χ1n) is 7.39. The van der Waals surface area contributed by atoms with E-state index in [0.29, 0.717) is 12.6 Å². The summed E-state index contributed by atoms with van der Waals surface area (Å²) in [7, 11) is 0. The largest absolute Gasteiger partial charge is 0.492 e. The number of hydrogen-bond acceptors (Lipinski definition) is 2. The number of para-hydroxylation sites is 1. The molecule has 0 saturated heterocycles. The molecule has 1 aliphatic carbocycles. The van der Waals surface area contributed by atoms with Crippen LogP contribution in [0.1, 0.15) is 24.4 Å². The Morgan fingerprint density at radius 3 is 2.25 bits per heavy atom. The van der Waals surface area contributed by atoms with Crippen LogP contribution in [0.25, 0.3) is 0 Å². The molecule has 0 spiro atoms. The first-order chi connectivity index (χ1) is 9.93. The monoisotopic (exact) mass is 267 g/mol. The fourth-order valence-electron chi connectivity index (χ4n) is 2.55. The zero-order chi connectivity index (χ0) is 13.6. The average Bonchev–Trinajstić information content (AvgIpc) is 3.34. The number of rotatable bonds is 7. The van der Waals surface area contributed by atoms with Gasteiger partial charge in [-0.15, -0.1) is 0 Å². The van der Waals surface area contributed by atoms with Crippen molar-refractivity contribution in [3.63, 3.8) is 0 Å². The number of nitrogens with one attached hydrogen (secondary N) is 1. The number of ether oxygens (including phenoxy) is 1. The van der Waals surface area contributed by atoms with E-state index in [1.165, 1.54) is 18.4 Å². The lowest BCUT2D eigenvalue weighted by Gasteiger charge is -2.19. The summed E-state index contributed by atoms with van der Waals surface area (Å²) in [6, 6.07) is 21.2. The highest BCUT2D eigenvalue weighted by Crippen LogP contribution is 2.40. The molecule has 1 atom stereocenters. The van der Waals surface area contributed by atoms with E-state index in [1.807, 2.05) is 30.3 Å². The summed E-state index contributed by atoms with van der Waals surface area (Å²) in [4.78, 5) is 0. The molecule has 2 nitrogen and oxygen atoms in total. The molecule has 0 aliphatic heterocycles. The SMILES string of the molecule is c1ccc(OCCNC(c2ccccc2)C2CC2)cc1. The minimum atomic E-state index is 0.482. The third-order valence-electron chi connectivity index (χ3n) is 3.73. The van der Waals surface area contributed by atoms with E-state index < -0.39 is 0 Å². The van der Waals surface area contributed by atoms with Gasteiger partial charge in [-0.2, -0.15) is 0 Å². The summed E-state index contributed by atoms with van der Waals surface area (Å²) in [5, 5.41) is 3.64. The topological polar surface area (TPSA) is 21.3 Å². The molecule has 104 valence electrons. The molecule has 2 heteroatoms. The minimum absolute atomic E-state index is 0.482. The Morgan fingerprint density at radius 2 is 1.60 bits per heavy atom. The van der Waals surface area contributed by atoms with E-state index in [9.17, 15) is 0 Å². The zero-order valence-electron chi connectivity index (χ0n) is 11.7. The maximum absolute atomic E-state index is 5.73. The van der Waals surface area contributed by atoms with Crippen molar-refractivity contribution in [3.05, 3.63) is 66.2 Å². The maximum atomic E-state index is 5.73. The first kappa shape index (κ1) is 13.2. The standard InChI is InChI=1S/C18H21NO/c1-3-7-15(8-4-1)18(16-11-12-16)19-13-14-20-17-9-5-2-6-10-17/h1-10,16,18-19H,11-14H2. The Bertz CT molecular complexity index is 507. The molecule has 2 aromatic carbocycles. The van der Waals surface area contributed by atoms with Crippen molar-refractivity contribution in [1.29, 1.82) is 0 Å². The predicted molar refractivity (Wildman–Crippen MR) is 81.8 cm³/mol. The molecular weight excluding hydrogens is 246 g/mol. The molecule has 0 radical (unpaired) electrons. The van der Waals surface area contributed by atoms with Crippen LogP contribution in [-0.2, 0) is 0 Å². The molecule has 0 heterocycles. The van der Waals surface area contributed by atoms with Gasteiger partial charge in [-0.05, 0) is 36.5 Å². The van der Waals surface area contributed by atoms with Crippen LogP contribution >= 0.6 is 0 Å². The number of benzene rings is 2. The van der Waals surface area contributed by atoms with Crippen LogP contribution in [0.3, 0.4) is 0 Å². The predicted octanol–water partition coefficient (Wildman–Crippen LogP) is 3.81. The Morgan fingerprint density at radius 1 is 0.950 bits per heavy atom. The second kappa shape index (κ2) is 6.58. The summed E-state index contributed by atoms with van der Waals surface area (Å²) >= 11 is 0. The lowest BCUT2D eigenvalue weighted by Crippen LogP contribution is -2.27. The highest BCUT2D eigenvalue weighted by atomic mass is 16.5. The van der Waals surface area contributed by atoms with Gasteiger partial charge in [0, 0.05) is 12.6 Å². The van der Waals surface area contributed by atoms with Crippen LogP contribution in [0.15, 0.2) is 60.7 Å². The van der Waals surface area contributed by atoms with Crippen LogP contribution in [0.4, 0.5) is 0 Å². The summed E-state index contributed by atoms with van der Waals surface area (Å²) in [5.74, 6) is 1.74. The van der Waals surface area contributed by atoms with Gasteiger partial charge in [0.15, 0.2) is 0 Å². The quantitative estimate of drug-likeness (QED) is 0.770.